The lowest BCUT2D eigenvalue weighted by Crippen LogP contribution is -2.33. The molecule has 1 saturated carbocycles. The molecule has 6 rings (SSSR count). The number of hydrogen-bond donors (Lipinski definition) is 3. The fourth-order valence-electron chi connectivity index (χ4n) is 6.30. The number of fused-ring (bicyclic) bond motifs is 3. The Hall–Kier alpha value is -4.90. The first-order chi connectivity index (χ1) is 21.0. The molecule has 1 unspecified atom stereocenters. The lowest BCUT2D eigenvalue weighted by atomic mass is 9.85. The summed E-state index contributed by atoms with van der Waals surface area (Å²) < 4.78 is 2.25. The second kappa shape index (κ2) is 12.5. The van der Waals surface area contributed by atoms with E-state index < -0.39 is 0 Å². The number of rotatable bonds is 4. The highest BCUT2D eigenvalue weighted by molar-refractivity contribution is 5.87. The van der Waals surface area contributed by atoms with E-state index in [1.807, 2.05) is 18.3 Å². The molecule has 43 heavy (non-hydrogen) atoms. The number of pyridine rings is 1. The van der Waals surface area contributed by atoms with Crippen LogP contribution in [0.4, 0.5) is 11.6 Å². The Morgan fingerprint density at radius 2 is 1.95 bits per heavy atom. The van der Waals surface area contributed by atoms with Crippen LogP contribution in [0.3, 0.4) is 0 Å². The molecule has 2 atom stereocenters. The second-order valence-electron chi connectivity index (χ2n) is 11.6. The molecule has 4 aromatic rings. The van der Waals surface area contributed by atoms with E-state index in [9.17, 15) is 5.26 Å². The van der Waals surface area contributed by atoms with Crippen molar-refractivity contribution >= 4 is 28.9 Å². The van der Waals surface area contributed by atoms with Gasteiger partial charge in [-0.15, -0.1) is 0 Å². The van der Waals surface area contributed by atoms with Crippen LogP contribution in [0.5, 0.6) is 0 Å². The number of nitrogen functional groups attached to an aromatic ring is 1. The average Bonchev–Trinajstić information content (AvgIpc) is 3.43. The zero-order valence-corrected chi connectivity index (χ0v) is 24.5. The first kappa shape index (κ1) is 28.2. The minimum absolute atomic E-state index is 0.291. The molecule has 3 aromatic heterocycles. The maximum absolute atomic E-state index is 9.20. The summed E-state index contributed by atoms with van der Waals surface area (Å²) in [6, 6.07) is 14.0. The number of imidazole rings is 1. The Morgan fingerprint density at radius 1 is 1.09 bits per heavy atom. The van der Waals surface area contributed by atoms with Gasteiger partial charge in [0, 0.05) is 35.1 Å². The van der Waals surface area contributed by atoms with E-state index >= 15 is 0 Å². The number of benzene rings is 1. The van der Waals surface area contributed by atoms with Crippen LogP contribution >= 0.6 is 0 Å². The van der Waals surface area contributed by atoms with Crippen molar-refractivity contribution in [1.82, 2.24) is 24.7 Å². The zero-order chi connectivity index (χ0) is 29.8. The third-order valence-electron chi connectivity index (χ3n) is 8.50. The molecule has 8 nitrogen and oxygen atoms in total. The monoisotopic (exact) mass is 570 g/mol. The van der Waals surface area contributed by atoms with E-state index in [1.54, 1.807) is 18.3 Å². The van der Waals surface area contributed by atoms with E-state index in [-0.39, 0.29) is 0 Å². The number of aromatic nitrogens is 4. The fourth-order valence-corrected chi connectivity index (χ4v) is 6.30. The highest BCUT2D eigenvalue weighted by Crippen LogP contribution is 2.38. The van der Waals surface area contributed by atoms with Gasteiger partial charge < -0.3 is 16.4 Å². The smallest absolute Gasteiger partial charge is 0.150 e. The van der Waals surface area contributed by atoms with Gasteiger partial charge in [-0.2, -0.15) is 5.26 Å². The SMILES string of the molecule is C=C1CCCCC/C=C/c2cnc(N)c3c(-c4ccc(C(=C)Nc5cc(C#N)ccn5)cc4)nc(n23)[C@@H]2CCCC(C2)N1. The van der Waals surface area contributed by atoms with Crippen molar-refractivity contribution in [2.75, 3.05) is 11.1 Å². The third-order valence-corrected chi connectivity index (χ3v) is 8.50. The maximum atomic E-state index is 9.20. The van der Waals surface area contributed by atoms with Crippen LogP contribution in [0.25, 0.3) is 28.5 Å². The molecular weight excluding hydrogens is 532 g/mol. The van der Waals surface area contributed by atoms with Crippen LogP contribution in [-0.2, 0) is 0 Å². The van der Waals surface area contributed by atoms with Crippen LogP contribution in [0.1, 0.15) is 86.4 Å². The molecular formula is C35H38N8. The number of nitriles is 1. The molecule has 8 heteroatoms. The van der Waals surface area contributed by atoms with Crippen molar-refractivity contribution < 1.29 is 0 Å². The first-order valence-corrected chi connectivity index (χ1v) is 15.2. The summed E-state index contributed by atoms with van der Waals surface area (Å²) in [5.74, 6) is 2.39. The van der Waals surface area contributed by atoms with Gasteiger partial charge in [-0.05, 0) is 68.7 Å². The van der Waals surface area contributed by atoms with Crippen molar-refractivity contribution in [2.24, 2.45) is 0 Å². The Balaban J connectivity index is 1.37. The van der Waals surface area contributed by atoms with Crippen molar-refractivity contribution in [3.8, 4) is 17.3 Å². The topological polar surface area (TPSA) is 117 Å². The predicted octanol–water partition coefficient (Wildman–Crippen LogP) is 7.43. The standard InChI is InChI=1S/C35H38N8/c1-23-9-6-4-3-5-7-12-30-22-39-34(37)33-32(42-35(43(30)33)28-10-8-11-29(20-28)40-23)27-15-13-26(14-16-27)24(2)41-31-19-25(21-36)17-18-38-31/h7,12-19,22,28-29,40H,1-6,8-11,20H2,(H2,37,39)(H,38,41)/b12-7+/t28-,29?/m1/s1. The van der Waals surface area contributed by atoms with Crippen LogP contribution < -0.4 is 16.4 Å². The average molecular weight is 571 g/mol. The number of nitrogens with one attached hydrogen (secondary N) is 2. The molecule has 0 radical (unpaired) electrons. The first-order valence-electron chi connectivity index (χ1n) is 15.2. The van der Waals surface area contributed by atoms with Crippen molar-refractivity contribution in [2.45, 2.75) is 69.7 Å². The van der Waals surface area contributed by atoms with Crippen molar-refractivity contribution in [1.29, 1.82) is 5.26 Å². The quantitative estimate of drug-likeness (QED) is 0.233. The maximum Gasteiger partial charge on any atom is 0.150 e. The lowest BCUT2D eigenvalue weighted by molar-refractivity contribution is 0.345. The molecule has 2 bridgehead atoms. The van der Waals surface area contributed by atoms with Gasteiger partial charge in [0.05, 0.1) is 23.5 Å². The molecule has 0 spiro atoms. The van der Waals surface area contributed by atoms with Crippen molar-refractivity contribution in [3.05, 3.63) is 96.4 Å². The number of hydrogen-bond acceptors (Lipinski definition) is 7. The summed E-state index contributed by atoms with van der Waals surface area (Å²) in [5, 5.41) is 16.2. The molecule has 0 amide bonds. The molecule has 218 valence electrons. The molecule has 0 saturated heterocycles. The molecule has 2 aliphatic rings. The van der Waals surface area contributed by atoms with Gasteiger partial charge in [-0.1, -0.05) is 56.3 Å². The third kappa shape index (κ3) is 6.17. The Bertz CT molecular complexity index is 1720. The van der Waals surface area contributed by atoms with Crippen LogP contribution in [-0.4, -0.2) is 25.4 Å². The second-order valence-corrected chi connectivity index (χ2v) is 11.6. The minimum Gasteiger partial charge on any atom is -0.386 e. The summed E-state index contributed by atoms with van der Waals surface area (Å²) >= 11 is 0. The lowest BCUT2D eigenvalue weighted by Gasteiger charge is -2.30. The summed E-state index contributed by atoms with van der Waals surface area (Å²) in [5.41, 5.74) is 13.6. The van der Waals surface area contributed by atoms with E-state index in [2.05, 4.69) is 68.5 Å². The molecule has 1 aliphatic heterocycles. The fraction of sp³-hybridized carbons (Fsp3) is 0.314. The van der Waals surface area contributed by atoms with E-state index in [0.29, 0.717) is 34.9 Å². The molecule has 1 fully saturated rings. The number of nitrogens with two attached hydrogens (primary N) is 1. The normalized spacial score (nSPS) is 19.8. The van der Waals surface area contributed by atoms with Crippen LogP contribution in [0.2, 0.25) is 0 Å². The molecule has 1 aliphatic carbocycles. The summed E-state index contributed by atoms with van der Waals surface area (Å²) in [4.78, 5) is 14.2. The van der Waals surface area contributed by atoms with Gasteiger partial charge in [-0.25, -0.2) is 15.0 Å². The minimum atomic E-state index is 0.291. The number of nitrogens with zero attached hydrogens (tertiary/aromatic N) is 5. The van der Waals surface area contributed by atoms with E-state index in [1.165, 1.54) is 12.8 Å². The van der Waals surface area contributed by atoms with Gasteiger partial charge in [0.1, 0.15) is 28.7 Å². The van der Waals surface area contributed by atoms with Gasteiger partial charge in [0.25, 0.3) is 0 Å². The van der Waals surface area contributed by atoms with Gasteiger partial charge in [-0.3, -0.25) is 4.40 Å². The molecule has 4 N–H and O–H groups in total. The molecule has 4 heterocycles. The van der Waals surface area contributed by atoms with Gasteiger partial charge in [0.2, 0.25) is 0 Å². The summed E-state index contributed by atoms with van der Waals surface area (Å²) in [6.07, 6.45) is 17.9. The largest absolute Gasteiger partial charge is 0.386 e. The zero-order valence-electron chi connectivity index (χ0n) is 24.5. The number of allylic oxidation sites excluding steroid dienone is 2. The number of anilines is 2. The Kier molecular flexibility index (Phi) is 8.23. The highest BCUT2D eigenvalue weighted by atomic mass is 15.1. The van der Waals surface area contributed by atoms with Crippen molar-refractivity contribution in [3.63, 3.8) is 0 Å². The van der Waals surface area contributed by atoms with Crippen LogP contribution in [0, 0.1) is 11.3 Å². The summed E-state index contributed by atoms with van der Waals surface area (Å²) in [6.45, 7) is 8.52. The Labute approximate surface area is 253 Å². The summed E-state index contributed by atoms with van der Waals surface area (Å²) in [7, 11) is 0. The van der Waals surface area contributed by atoms with E-state index in [0.717, 1.165) is 84.5 Å². The Morgan fingerprint density at radius 3 is 2.79 bits per heavy atom. The van der Waals surface area contributed by atoms with Gasteiger partial charge in [0.15, 0.2) is 0 Å². The van der Waals surface area contributed by atoms with Crippen LogP contribution in [0.15, 0.2) is 73.7 Å². The predicted molar refractivity (Wildman–Crippen MR) is 174 cm³/mol. The van der Waals surface area contributed by atoms with E-state index in [4.69, 9.17) is 10.7 Å². The highest BCUT2D eigenvalue weighted by Gasteiger charge is 2.29. The van der Waals surface area contributed by atoms with Gasteiger partial charge >= 0.3 is 0 Å². The molecule has 1 aromatic carbocycles.